The van der Waals surface area contributed by atoms with Crippen molar-refractivity contribution < 1.29 is 19.2 Å². The molecule has 4 rings (SSSR count). The lowest BCUT2D eigenvalue weighted by atomic mass is 9.88. The summed E-state index contributed by atoms with van der Waals surface area (Å²) in [4.78, 5) is 27.2. The van der Waals surface area contributed by atoms with Crippen molar-refractivity contribution >= 4 is 11.6 Å². The Hall–Kier alpha value is -2.35. The number of fused-ring (bicyclic) bond motifs is 1. The zero-order valence-electron chi connectivity index (χ0n) is 17.8. The van der Waals surface area contributed by atoms with Crippen LogP contribution in [0.1, 0.15) is 64.0 Å². The molecule has 1 saturated carbocycles. The minimum Gasteiger partial charge on any atom is -0.454 e. The zero-order chi connectivity index (χ0) is 21.3. The van der Waals surface area contributed by atoms with Crippen LogP contribution < -0.4 is 14.8 Å². The fourth-order valence-corrected chi connectivity index (χ4v) is 5.28. The Balaban J connectivity index is 1.71. The second kappa shape index (κ2) is 8.79. The maximum absolute atomic E-state index is 13.6. The molecule has 2 aliphatic heterocycles. The number of nitro groups is 1. The van der Waals surface area contributed by atoms with E-state index in [1.54, 1.807) is 6.07 Å². The number of piperidine rings is 1. The lowest BCUT2D eigenvalue weighted by Gasteiger charge is -2.40. The number of hydrogen-bond acceptors (Lipinski definition) is 6. The summed E-state index contributed by atoms with van der Waals surface area (Å²) in [6.07, 6.45) is 6.44. The summed E-state index contributed by atoms with van der Waals surface area (Å²) in [7, 11) is 0. The molecule has 1 N–H and O–H groups in total. The van der Waals surface area contributed by atoms with E-state index in [1.807, 2.05) is 0 Å². The fourth-order valence-electron chi connectivity index (χ4n) is 5.28. The lowest BCUT2D eigenvalue weighted by Crippen LogP contribution is -2.49. The molecule has 3 aliphatic rings. The van der Waals surface area contributed by atoms with Crippen molar-refractivity contribution in [3.63, 3.8) is 0 Å². The van der Waals surface area contributed by atoms with Gasteiger partial charge in [-0.15, -0.1) is 0 Å². The number of rotatable bonds is 5. The van der Waals surface area contributed by atoms with Gasteiger partial charge in [0.2, 0.25) is 12.7 Å². The van der Waals surface area contributed by atoms with Gasteiger partial charge in [-0.25, -0.2) is 0 Å². The van der Waals surface area contributed by atoms with Crippen molar-refractivity contribution in [3.05, 3.63) is 27.8 Å². The number of amides is 1. The smallest absolute Gasteiger partial charge is 0.278 e. The number of carbonyl (C=O) groups excluding carboxylic acids is 1. The number of hydrogen-bond donors (Lipinski definition) is 1. The van der Waals surface area contributed by atoms with E-state index in [2.05, 4.69) is 24.1 Å². The highest BCUT2D eigenvalue weighted by Gasteiger charge is 2.39. The van der Waals surface area contributed by atoms with Crippen LogP contribution in [-0.2, 0) is 4.79 Å². The summed E-state index contributed by atoms with van der Waals surface area (Å²) in [5.74, 6) is 1.52. The lowest BCUT2D eigenvalue weighted by molar-refractivity contribution is -0.386. The summed E-state index contributed by atoms with van der Waals surface area (Å²) in [5, 5.41) is 15.1. The van der Waals surface area contributed by atoms with Crippen LogP contribution in [0.2, 0.25) is 0 Å². The first-order valence-electron chi connectivity index (χ1n) is 11.0. The normalized spacial score (nSPS) is 25.7. The molecule has 164 valence electrons. The molecule has 0 bridgehead atoms. The minimum absolute atomic E-state index is 0.0344. The Morgan fingerprint density at radius 2 is 1.77 bits per heavy atom. The van der Waals surface area contributed by atoms with E-state index in [0.717, 1.165) is 45.2 Å². The van der Waals surface area contributed by atoms with Gasteiger partial charge in [-0.2, -0.15) is 0 Å². The quantitative estimate of drug-likeness (QED) is 0.579. The highest BCUT2D eigenvalue weighted by atomic mass is 16.7. The molecule has 0 unspecified atom stereocenters. The highest BCUT2D eigenvalue weighted by molar-refractivity contribution is 5.85. The van der Waals surface area contributed by atoms with E-state index < -0.39 is 11.0 Å². The Bertz CT molecular complexity index is 798. The maximum Gasteiger partial charge on any atom is 0.278 e. The molecule has 2 fully saturated rings. The minimum atomic E-state index is -0.716. The first-order valence-corrected chi connectivity index (χ1v) is 11.0. The van der Waals surface area contributed by atoms with Gasteiger partial charge in [-0.1, -0.05) is 33.1 Å². The van der Waals surface area contributed by atoms with E-state index in [9.17, 15) is 14.9 Å². The van der Waals surface area contributed by atoms with Crippen molar-refractivity contribution in [2.24, 2.45) is 11.8 Å². The maximum atomic E-state index is 13.6. The van der Waals surface area contributed by atoms with Gasteiger partial charge in [0.25, 0.3) is 5.69 Å². The van der Waals surface area contributed by atoms with Crippen LogP contribution >= 0.6 is 0 Å². The van der Waals surface area contributed by atoms with Gasteiger partial charge in [0, 0.05) is 19.1 Å². The number of benzene rings is 1. The average molecular weight is 418 g/mol. The van der Waals surface area contributed by atoms with Crippen molar-refractivity contribution in [1.82, 2.24) is 10.2 Å². The molecule has 1 aromatic rings. The van der Waals surface area contributed by atoms with Gasteiger partial charge in [0.15, 0.2) is 11.5 Å². The van der Waals surface area contributed by atoms with Crippen LogP contribution in [-0.4, -0.2) is 41.7 Å². The monoisotopic (exact) mass is 417 g/mol. The molecular weight excluding hydrogens is 386 g/mol. The topological polar surface area (TPSA) is 93.9 Å². The van der Waals surface area contributed by atoms with Crippen LogP contribution in [0.15, 0.2) is 12.1 Å². The second-order valence-electron chi connectivity index (χ2n) is 9.17. The summed E-state index contributed by atoms with van der Waals surface area (Å²) < 4.78 is 10.8. The Morgan fingerprint density at radius 1 is 1.13 bits per heavy atom. The van der Waals surface area contributed by atoms with E-state index in [-0.39, 0.29) is 24.4 Å². The van der Waals surface area contributed by atoms with Gasteiger partial charge in [-0.05, 0) is 37.2 Å². The third-order valence-corrected chi connectivity index (χ3v) is 6.48. The molecule has 3 atom stereocenters. The third kappa shape index (κ3) is 4.38. The van der Waals surface area contributed by atoms with Gasteiger partial charge in [0.1, 0.15) is 6.04 Å². The molecule has 8 heteroatoms. The van der Waals surface area contributed by atoms with Gasteiger partial charge >= 0.3 is 0 Å². The van der Waals surface area contributed by atoms with Crippen LogP contribution in [0.5, 0.6) is 11.5 Å². The predicted octanol–water partition coefficient (Wildman–Crippen LogP) is 3.79. The third-order valence-electron chi connectivity index (χ3n) is 6.48. The molecule has 1 aliphatic carbocycles. The van der Waals surface area contributed by atoms with Crippen molar-refractivity contribution in [1.29, 1.82) is 0 Å². The first-order chi connectivity index (χ1) is 14.4. The number of carbonyl (C=O) groups is 1. The van der Waals surface area contributed by atoms with E-state index in [4.69, 9.17) is 9.47 Å². The Morgan fingerprint density at radius 3 is 2.40 bits per heavy atom. The molecule has 1 amide bonds. The molecule has 1 aromatic carbocycles. The van der Waals surface area contributed by atoms with Crippen LogP contribution in [0, 0.1) is 22.0 Å². The van der Waals surface area contributed by atoms with E-state index >= 15 is 0 Å². The number of ether oxygens (including phenoxy) is 2. The number of nitrogens with zero attached hydrogens (tertiary/aromatic N) is 2. The largest absolute Gasteiger partial charge is 0.454 e. The molecule has 30 heavy (non-hydrogen) atoms. The fraction of sp³-hybridized carbons (Fsp3) is 0.682. The average Bonchev–Trinajstić information content (AvgIpc) is 3.15. The molecule has 0 spiro atoms. The predicted molar refractivity (Wildman–Crippen MR) is 111 cm³/mol. The summed E-state index contributed by atoms with van der Waals surface area (Å²) >= 11 is 0. The Kier molecular flexibility index (Phi) is 6.13. The van der Waals surface area contributed by atoms with Crippen LogP contribution in [0.25, 0.3) is 0 Å². The molecule has 0 aromatic heterocycles. The van der Waals surface area contributed by atoms with Crippen molar-refractivity contribution in [2.75, 3.05) is 19.9 Å². The molecule has 2 heterocycles. The molecular formula is C22H31N3O5. The summed E-state index contributed by atoms with van der Waals surface area (Å²) in [5.41, 5.74) is 0.299. The molecule has 0 radical (unpaired) electrons. The number of nitro benzene ring substituents is 1. The summed E-state index contributed by atoms with van der Waals surface area (Å²) in [6, 6.07) is 2.46. The standard InChI is InChI=1S/C22H31N3O5/c1-14-8-15(2)12-24(11-14)21(22(26)23-16-6-4-3-5-7-16)17-9-19-20(30-13-29-19)10-18(17)25(27)28/h9-10,14-16,21H,3-8,11-13H2,1-2H3,(H,23,26)/t14-,15-,21-/m1/s1. The molecule has 8 nitrogen and oxygen atoms in total. The van der Waals surface area contributed by atoms with E-state index in [1.165, 1.54) is 12.5 Å². The second-order valence-corrected chi connectivity index (χ2v) is 9.17. The molecule has 1 saturated heterocycles. The number of likely N-dealkylation sites (tertiary alicyclic amines) is 1. The Labute approximate surface area is 177 Å². The van der Waals surface area contributed by atoms with Crippen molar-refractivity contribution in [2.45, 2.75) is 64.5 Å². The number of nitrogens with one attached hydrogen (secondary N) is 1. The van der Waals surface area contributed by atoms with Crippen LogP contribution in [0.3, 0.4) is 0 Å². The first kappa shape index (κ1) is 20.9. The summed E-state index contributed by atoms with van der Waals surface area (Å²) in [6.45, 7) is 5.85. The van der Waals surface area contributed by atoms with Crippen molar-refractivity contribution in [3.8, 4) is 11.5 Å². The van der Waals surface area contributed by atoms with Gasteiger partial charge in [-0.3, -0.25) is 19.8 Å². The van der Waals surface area contributed by atoms with Gasteiger partial charge in [0.05, 0.1) is 16.6 Å². The highest BCUT2D eigenvalue weighted by Crippen LogP contribution is 2.42. The van der Waals surface area contributed by atoms with Crippen LogP contribution in [0.4, 0.5) is 5.69 Å². The SMILES string of the molecule is C[C@@H]1C[C@@H](C)CN([C@@H](C(=O)NC2CCCCC2)c2cc3c(cc2[N+](=O)[O-])OCO3)C1. The zero-order valence-corrected chi connectivity index (χ0v) is 17.8. The van der Waals surface area contributed by atoms with E-state index in [0.29, 0.717) is 28.9 Å². The van der Waals surface area contributed by atoms with Gasteiger partial charge < -0.3 is 14.8 Å².